The second-order valence-electron chi connectivity index (χ2n) is 2.89. The first-order chi connectivity index (χ1) is 6.76. The highest BCUT2D eigenvalue weighted by molar-refractivity contribution is 9.10. The zero-order valence-corrected chi connectivity index (χ0v) is 9.56. The van der Waals surface area contributed by atoms with Crippen LogP contribution < -0.4 is 0 Å². The third kappa shape index (κ3) is 1.49. The summed E-state index contributed by atoms with van der Waals surface area (Å²) in [5.74, 6) is 0. The van der Waals surface area contributed by atoms with E-state index in [0.717, 1.165) is 26.4 Å². The van der Waals surface area contributed by atoms with E-state index in [2.05, 4.69) is 15.9 Å². The Kier molecular flexibility index (Phi) is 2.67. The lowest BCUT2D eigenvalue weighted by molar-refractivity contribution is 0.112. The molecule has 0 atom stereocenters. The predicted molar refractivity (Wildman–Crippen MR) is 60.8 cm³/mol. The van der Waals surface area contributed by atoms with Crippen LogP contribution in [0.2, 0.25) is 0 Å². The summed E-state index contributed by atoms with van der Waals surface area (Å²) in [5, 5.41) is 9.96. The molecule has 2 rings (SSSR count). The van der Waals surface area contributed by atoms with E-state index in [0.29, 0.717) is 4.88 Å². The maximum atomic E-state index is 10.7. The highest BCUT2D eigenvalue weighted by atomic mass is 79.9. The standard InChI is InChI=1S/C10H7BrO2S/c11-10-7-3-6(4-12)1-2-8(7)14-9(10)5-13/h1-3,5,12H,4H2. The fourth-order valence-corrected chi connectivity index (χ4v) is 2.99. The predicted octanol–water partition coefficient (Wildman–Crippen LogP) is 2.97. The first-order valence-corrected chi connectivity index (χ1v) is 5.64. The average molecular weight is 271 g/mol. The number of hydrogen-bond acceptors (Lipinski definition) is 3. The molecule has 2 aromatic rings. The first-order valence-electron chi connectivity index (χ1n) is 4.03. The van der Waals surface area contributed by atoms with Crippen LogP contribution in [0, 0.1) is 0 Å². The van der Waals surface area contributed by atoms with Gasteiger partial charge in [0.1, 0.15) is 0 Å². The molecule has 14 heavy (non-hydrogen) atoms. The summed E-state index contributed by atoms with van der Waals surface area (Å²) < 4.78 is 1.87. The quantitative estimate of drug-likeness (QED) is 0.852. The second kappa shape index (κ2) is 3.81. The first kappa shape index (κ1) is 9.83. The minimum Gasteiger partial charge on any atom is -0.392 e. The highest BCUT2D eigenvalue weighted by Gasteiger charge is 2.08. The molecule has 0 unspecified atom stereocenters. The Morgan fingerprint density at radius 2 is 2.29 bits per heavy atom. The topological polar surface area (TPSA) is 37.3 Å². The number of rotatable bonds is 2. The molecular formula is C10H7BrO2S. The smallest absolute Gasteiger partial charge is 0.161 e. The van der Waals surface area contributed by atoms with Crippen molar-refractivity contribution in [3.05, 3.63) is 33.1 Å². The number of hydrogen-bond donors (Lipinski definition) is 1. The molecule has 72 valence electrons. The van der Waals surface area contributed by atoms with E-state index in [9.17, 15) is 4.79 Å². The molecule has 0 spiro atoms. The third-order valence-electron chi connectivity index (χ3n) is 2.01. The van der Waals surface area contributed by atoms with Crippen LogP contribution in [-0.4, -0.2) is 11.4 Å². The van der Waals surface area contributed by atoms with Gasteiger partial charge in [-0.15, -0.1) is 11.3 Å². The van der Waals surface area contributed by atoms with Gasteiger partial charge in [-0.05, 0) is 33.6 Å². The SMILES string of the molecule is O=Cc1sc2ccc(CO)cc2c1Br. The van der Waals surface area contributed by atoms with Gasteiger partial charge in [-0.2, -0.15) is 0 Å². The fourth-order valence-electron chi connectivity index (χ4n) is 1.31. The van der Waals surface area contributed by atoms with Crippen LogP contribution in [-0.2, 0) is 6.61 Å². The van der Waals surface area contributed by atoms with Crippen LogP contribution >= 0.6 is 27.3 Å². The normalized spacial score (nSPS) is 10.7. The molecular weight excluding hydrogens is 264 g/mol. The zero-order chi connectivity index (χ0) is 10.1. The number of halogens is 1. The van der Waals surface area contributed by atoms with E-state index in [-0.39, 0.29) is 6.61 Å². The lowest BCUT2D eigenvalue weighted by Crippen LogP contribution is -1.80. The molecule has 1 aromatic heterocycles. The number of carbonyl (C=O) groups excluding carboxylic acids is 1. The number of thiophene rings is 1. The van der Waals surface area contributed by atoms with Gasteiger partial charge in [-0.3, -0.25) is 4.79 Å². The fraction of sp³-hybridized carbons (Fsp3) is 0.100. The summed E-state index contributed by atoms with van der Waals surface area (Å²) in [6.45, 7) is 0.0225. The average Bonchev–Trinajstić information content (AvgIpc) is 2.55. The molecule has 0 amide bonds. The molecule has 1 N–H and O–H groups in total. The Morgan fingerprint density at radius 1 is 1.50 bits per heavy atom. The summed E-state index contributed by atoms with van der Waals surface area (Å²) >= 11 is 4.82. The number of fused-ring (bicyclic) bond motifs is 1. The van der Waals surface area contributed by atoms with E-state index in [1.165, 1.54) is 11.3 Å². The molecule has 1 aromatic carbocycles. The van der Waals surface area contributed by atoms with Gasteiger partial charge in [0.2, 0.25) is 0 Å². The molecule has 0 radical (unpaired) electrons. The van der Waals surface area contributed by atoms with Crippen molar-refractivity contribution in [3.8, 4) is 0 Å². The van der Waals surface area contributed by atoms with Crippen LogP contribution in [0.3, 0.4) is 0 Å². The summed E-state index contributed by atoms with van der Waals surface area (Å²) in [4.78, 5) is 11.4. The summed E-state index contributed by atoms with van der Waals surface area (Å²) in [5.41, 5.74) is 0.855. The minimum absolute atomic E-state index is 0.0225. The van der Waals surface area contributed by atoms with Crippen LogP contribution in [0.15, 0.2) is 22.7 Å². The van der Waals surface area contributed by atoms with Crippen molar-refractivity contribution in [1.82, 2.24) is 0 Å². The summed E-state index contributed by atoms with van der Waals surface area (Å²) in [6, 6.07) is 5.67. The Hall–Kier alpha value is -0.710. The van der Waals surface area contributed by atoms with E-state index < -0.39 is 0 Å². The number of carbonyl (C=O) groups is 1. The molecule has 2 nitrogen and oxygen atoms in total. The van der Waals surface area contributed by atoms with Gasteiger partial charge in [-0.1, -0.05) is 6.07 Å². The van der Waals surface area contributed by atoms with E-state index in [4.69, 9.17) is 5.11 Å². The van der Waals surface area contributed by atoms with Crippen molar-refractivity contribution >= 4 is 43.6 Å². The van der Waals surface area contributed by atoms with E-state index in [1.54, 1.807) is 0 Å². The van der Waals surface area contributed by atoms with Crippen molar-refractivity contribution in [2.24, 2.45) is 0 Å². The largest absolute Gasteiger partial charge is 0.392 e. The number of aliphatic hydroxyl groups is 1. The van der Waals surface area contributed by atoms with Gasteiger partial charge < -0.3 is 5.11 Å². The van der Waals surface area contributed by atoms with Gasteiger partial charge in [0.05, 0.1) is 11.5 Å². The summed E-state index contributed by atoms with van der Waals surface area (Å²) in [7, 11) is 0. The summed E-state index contributed by atoms with van der Waals surface area (Å²) in [6.07, 6.45) is 0.841. The maximum Gasteiger partial charge on any atom is 0.161 e. The molecule has 0 fully saturated rings. The Balaban J connectivity index is 2.74. The van der Waals surface area contributed by atoms with Gasteiger partial charge in [0, 0.05) is 14.6 Å². The molecule has 0 saturated carbocycles. The molecule has 1 heterocycles. The Labute approximate surface area is 93.3 Å². The van der Waals surface area contributed by atoms with Crippen molar-refractivity contribution in [2.45, 2.75) is 6.61 Å². The Morgan fingerprint density at radius 3 is 2.93 bits per heavy atom. The Bertz CT molecular complexity index is 490. The molecule has 0 bridgehead atoms. The molecule has 0 saturated heterocycles. The number of benzene rings is 1. The molecule has 4 heteroatoms. The van der Waals surface area contributed by atoms with Crippen LogP contribution in [0.5, 0.6) is 0 Å². The third-order valence-corrected chi connectivity index (χ3v) is 4.22. The second-order valence-corrected chi connectivity index (χ2v) is 4.76. The lowest BCUT2D eigenvalue weighted by atomic mass is 10.2. The van der Waals surface area contributed by atoms with Crippen molar-refractivity contribution in [1.29, 1.82) is 0 Å². The van der Waals surface area contributed by atoms with Gasteiger partial charge in [0.25, 0.3) is 0 Å². The molecule has 0 aliphatic heterocycles. The van der Waals surface area contributed by atoms with Gasteiger partial charge in [0.15, 0.2) is 6.29 Å². The lowest BCUT2D eigenvalue weighted by Gasteiger charge is -1.95. The number of aliphatic hydroxyl groups excluding tert-OH is 1. The zero-order valence-electron chi connectivity index (χ0n) is 7.16. The van der Waals surface area contributed by atoms with Crippen LogP contribution in [0.1, 0.15) is 15.2 Å². The van der Waals surface area contributed by atoms with Crippen molar-refractivity contribution in [3.63, 3.8) is 0 Å². The van der Waals surface area contributed by atoms with Crippen LogP contribution in [0.4, 0.5) is 0 Å². The van der Waals surface area contributed by atoms with Crippen molar-refractivity contribution in [2.75, 3.05) is 0 Å². The van der Waals surface area contributed by atoms with E-state index >= 15 is 0 Å². The minimum atomic E-state index is 0.0225. The van der Waals surface area contributed by atoms with Crippen LogP contribution in [0.25, 0.3) is 10.1 Å². The number of aldehydes is 1. The highest BCUT2D eigenvalue weighted by Crippen LogP contribution is 2.34. The molecule has 0 aliphatic rings. The van der Waals surface area contributed by atoms with Gasteiger partial charge >= 0.3 is 0 Å². The molecule has 0 aliphatic carbocycles. The van der Waals surface area contributed by atoms with E-state index in [1.807, 2.05) is 18.2 Å². The maximum absolute atomic E-state index is 10.7. The van der Waals surface area contributed by atoms with Crippen molar-refractivity contribution < 1.29 is 9.90 Å². The monoisotopic (exact) mass is 270 g/mol. The van der Waals surface area contributed by atoms with Gasteiger partial charge in [-0.25, -0.2) is 0 Å².